The van der Waals surface area contributed by atoms with E-state index in [-0.39, 0.29) is 12.4 Å². The van der Waals surface area contributed by atoms with Gasteiger partial charge in [-0.3, -0.25) is 34.6 Å². The molecule has 0 aliphatic carbocycles. The summed E-state index contributed by atoms with van der Waals surface area (Å²) in [5.74, 6) is -1.63. The van der Waals surface area contributed by atoms with Crippen molar-refractivity contribution in [2.24, 2.45) is 0 Å². The van der Waals surface area contributed by atoms with Crippen LogP contribution < -0.4 is 10.7 Å². The molecule has 0 fully saturated rings. The van der Waals surface area contributed by atoms with E-state index in [1.807, 2.05) is 97.1 Å². The molecule has 1 heterocycles. The largest absolute Gasteiger partial charge is 0.460 e. The summed E-state index contributed by atoms with van der Waals surface area (Å²) in [7, 11) is 0. The first-order valence-electron chi connectivity index (χ1n) is 15.0. The maximum absolute atomic E-state index is 13.9. The molecule has 5 rings (SSSR count). The van der Waals surface area contributed by atoms with Crippen LogP contribution in [-0.4, -0.2) is 38.6 Å². The number of hydrogen-bond acceptors (Lipinski definition) is 9. The first kappa shape index (κ1) is 34.3. The molecule has 0 unspecified atom stereocenters. The van der Waals surface area contributed by atoms with Crippen LogP contribution in [0.2, 0.25) is 0 Å². The molecule has 4 aromatic carbocycles. The summed E-state index contributed by atoms with van der Waals surface area (Å²) < 4.78 is 5.33. The smallest absolute Gasteiger partial charge is 0.339 e. The van der Waals surface area contributed by atoms with Crippen molar-refractivity contribution >= 4 is 35.0 Å². The van der Waals surface area contributed by atoms with Gasteiger partial charge in [-0.1, -0.05) is 121 Å². The second-order valence-corrected chi connectivity index (χ2v) is 12.0. The predicted molar refractivity (Wildman–Crippen MR) is 184 cm³/mol. The Labute approximate surface area is 284 Å². The lowest BCUT2D eigenvalue weighted by molar-refractivity contribution is -0.397. The molecule has 248 valence electrons. The van der Waals surface area contributed by atoms with Gasteiger partial charge in [-0.15, -0.1) is 11.8 Å². The normalized spacial score (nSPS) is 11.7. The Morgan fingerprint density at radius 2 is 1.16 bits per heavy atom. The van der Waals surface area contributed by atoms with Crippen molar-refractivity contribution in [1.82, 2.24) is 9.88 Å². The lowest BCUT2D eigenvalue weighted by Crippen LogP contribution is -2.39. The standard InChI is InChI=1S/C36H30N4O8S/c41-33(48-24-26-13-5-1-6-14-26)21-37-35(43)32(38-22-30(39(44)45)34(42)31(23-38)40(46)47)25-49-36(27-15-7-2-8-16-27,28-17-9-3-10-18-28)29-19-11-4-12-20-29/h1-20,22-23,32H,21,24-25H2,(H,37,43)/t32-/m1/s1. The first-order valence-corrected chi connectivity index (χ1v) is 16.0. The number of benzene rings is 4. The average molecular weight is 679 g/mol. The minimum atomic E-state index is -1.39. The second kappa shape index (κ2) is 15.7. The molecular formula is C36H30N4O8S. The Morgan fingerprint density at radius 3 is 1.59 bits per heavy atom. The van der Waals surface area contributed by atoms with E-state index < -0.39 is 55.9 Å². The maximum atomic E-state index is 13.9. The van der Waals surface area contributed by atoms with Gasteiger partial charge in [-0.2, -0.15) is 0 Å². The Bertz CT molecular complexity index is 1860. The Morgan fingerprint density at radius 1 is 0.735 bits per heavy atom. The van der Waals surface area contributed by atoms with E-state index >= 15 is 0 Å². The number of ether oxygens (including phenoxy) is 1. The van der Waals surface area contributed by atoms with E-state index in [1.54, 1.807) is 24.3 Å². The van der Waals surface area contributed by atoms with Crippen LogP contribution in [0.1, 0.15) is 28.3 Å². The van der Waals surface area contributed by atoms with Crippen LogP contribution in [-0.2, 0) is 25.7 Å². The molecule has 0 saturated heterocycles. The number of hydrogen-bond donors (Lipinski definition) is 1. The third-order valence-electron chi connectivity index (χ3n) is 7.71. The molecule has 1 atom stereocenters. The Kier molecular flexibility index (Phi) is 11.0. The molecule has 12 nitrogen and oxygen atoms in total. The number of aromatic nitrogens is 1. The van der Waals surface area contributed by atoms with Crippen molar-refractivity contribution in [3.8, 4) is 0 Å². The fraction of sp³-hybridized carbons (Fsp3) is 0.139. The SMILES string of the molecule is O=C(CNC(=O)[C@@H](CSC(c1ccccc1)(c1ccccc1)c1ccccc1)n1cc([N+](=O)[O-])c(=O)c([N+](=O)[O-])c1)OCc1ccccc1. The van der Waals surface area contributed by atoms with Gasteiger partial charge < -0.3 is 14.6 Å². The fourth-order valence-corrected chi connectivity index (χ4v) is 6.98. The van der Waals surface area contributed by atoms with Crippen molar-refractivity contribution in [1.29, 1.82) is 0 Å². The molecule has 49 heavy (non-hydrogen) atoms. The van der Waals surface area contributed by atoms with Gasteiger partial charge in [0, 0.05) is 5.75 Å². The highest BCUT2D eigenvalue weighted by Crippen LogP contribution is 2.49. The van der Waals surface area contributed by atoms with Gasteiger partial charge in [0.05, 0.1) is 27.0 Å². The molecule has 0 spiro atoms. The van der Waals surface area contributed by atoms with E-state index in [0.717, 1.165) is 39.2 Å². The minimum absolute atomic E-state index is 0.0271. The fourth-order valence-electron chi connectivity index (χ4n) is 5.34. The van der Waals surface area contributed by atoms with Crippen LogP contribution in [0.5, 0.6) is 0 Å². The van der Waals surface area contributed by atoms with Crippen LogP contribution >= 0.6 is 11.8 Å². The van der Waals surface area contributed by atoms with Crippen LogP contribution in [0.4, 0.5) is 11.4 Å². The van der Waals surface area contributed by atoms with Crippen LogP contribution in [0, 0.1) is 20.2 Å². The van der Waals surface area contributed by atoms with E-state index in [1.165, 1.54) is 11.8 Å². The number of carbonyl (C=O) groups is 2. The number of carbonyl (C=O) groups excluding carboxylic acids is 2. The molecule has 0 radical (unpaired) electrons. The summed E-state index contributed by atoms with van der Waals surface area (Å²) in [5.41, 5.74) is -0.216. The number of amides is 1. The van der Waals surface area contributed by atoms with Gasteiger partial charge in [0.25, 0.3) is 0 Å². The first-order chi connectivity index (χ1) is 23.7. The van der Waals surface area contributed by atoms with E-state index in [4.69, 9.17) is 4.74 Å². The van der Waals surface area contributed by atoms with Crippen molar-refractivity contribution in [3.63, 3.8) is 0 Å². The van der Waals surface area contributed by atoms with Crippen molar-refractivity contribution < 1.29 is 24.2 Å². The topological polar surface area (TPSA) is 164 Å². The predicted octanol–water partition coefficient (Wildman–Crippen LogP) is 5.79. The van der Waals surface area contributed by atoms with Crippen molar-refractivity contribution in [2.75, 3.05) is 12.3 Å². The molecular weight excluding hydrogens is 648 g/mol. The summed E-state index contributed by atoms with van der Waals surface area (Å²) in [4.78, 5) is 60.7. The summed E-state index contributed by atoms with van der Waals surface area (Å²) in [6, 6.07) is 36.2. The molecule has 1 aromatic heterocycles. The number of rotatable bonds is 14. The molecule has 13 heteroatoms. The number of pyridine rings is 1. The van der Waals surface area contributed by atoms with E-state index in [9.17, 15) is 34.6 Å². The minimum Gasteiger partial charge on any atom is -0.460 e. The number of thioether (sulfide) groups is 1. The van der Waals surface area contributed by atoms with Gasteiger partial charge in [0.2, 0.25) is 5.91 Å². The summed E-state index contributed by atoms with van der Waals surface area (Å²) in [5, 5.41) is 26.2. The average Bonchev–Trinajstić information content (AvgIpc) is 3.13. The van der Waals surface area contributed by atoms with Crippen molar-refractivity contribution in [2.45, 2.75) is 17.4 Å². The summed E-state index contributed by atoms with van der Waals surface area (Å²) in [6.45, 7) is -0.570. The molecule has 0 bridgehead atoms. The van der Waals surface area contributed by atoms with Gasteiger partial charge in [-0.25, -0.2) is 0 Å². The molecule has 0 aliphatic rings. The van der Waals surface area contributed by atoms with Gasteiger partial charge in [0.1, 0.15) is 19.2 Å². The highest BCUT2D eigenvalue weighted by molar-refractivity contribution is 8.00. The summed E-state index contributed by atoms with van der Waals surface area (Å²) in [6.07, 6.45) is 1.62. The lowest BCUT2D eigenvalue weighted by Gasteiger charge is -2.36. The monoisotopic (exact) mass is 678 g/mol. The van der Waals surface area contributed by atoms with Crippen molar-refractivity contribution in [3.05, 3.63) is 186 Å². The van der Waals surface area contributed by atoms with Gasteiger partial charge >= 0.3 is 22.8 Å². The number of esters is 1. The molecule has 5 aromatic rings. The third kappa shape index (κ3) is 7.91. The lowest BCUT2D eigenvalue weighted by atomic mass is 9.84. The molecule has 1 N–H and O–H groups in total. The second-order valence-electron chi connectivity index (χ2n) is 10.8. The maximum Gasteiger partial charge on any atom is 0.339 e. The van der Waals surface area contributed by atoms with Crippen LogP contribution in [0.3, 0.4) is 0 Å². The number of nitro groups is 2. The highest BCUT2D eigenvalue weighted by Gasteiger charge is 2.39. The summed E-state index contributed by atoms with van der Waals surface area (Å²) >= 11 is 1.32. The zero-order valence-corrected chi connectivity index (χ0v) is 26.7. The van der Waals surface area contributed by atoms with Crippen LogP contribution in [0.25, 0.3) is 0 Å². The third-order valence-corrected chi connectivity index (χ3v) is 9.33. The Balaban J connectivity index is 1.56. The van der Waals surface area contributed by atoms with E-state index in [2.05, 4.69) is 5.32 Å². The number of nitrogens with zero attached hydrogens (tertiary/aromatic N) is 3. The van der Waals surface area contributed by atoms with Gasteiger partial charge in [-0.05, 0) is 22.3 Å². The Hall–Kier alpha value is -6.08. The quantitative estimate of drug-likeness (QED) is 0.0663. The molecule has 0 aliphatic heterocycles. The number of nitrogens with one attached hydrogen (secondary N) is 1. The molecule has 0 saturated carbocycles. The highest BCUT2D eigenvalue weighted by atomic mass is 32.2. The van der Waals surface area contributed by atoms with Gasteiger partial charge in [0.15, 0.2) is 0 Å². The van der Waals surface area contributed by atoms with E-state index in [0.29, 0.717) is 0 Å². The van der Waals surface area contributed by atoms with Crippen LogP contribution in [0.15, 0.2) is 139 Å². The molecule has 1 amide bonds. The zero-order chi connectivity index (χ0) is 34.8. The zero-order valence-electron chi connectivity index (χ0n) is 25.9.